The highest BCUT2D eigenvalue weighted by Gasteiger charge is 2.48. The van der Waals surface area contributed by atoms with E-state index >= 15 is 0 Å². The molecule has 5 nitrogen and oxygen atoms in total. The molecule has 0 amide bonds. The van der Waals surface area contributed by atoms with Gasteiger partial charge in [0, 0.05) is 5.92 Å². The molecule has 0 radical (unpaired) electrons. The lowest BCUT2D eigenvalue weighted by Crippen LogP contribution is -2.41. The fourth-order valence-corrected chi connectivity index (χ4v) is 4.61. The molecule has 5 N–H and O–H groups in total. The van der Waals surface area contributed by atoms with Crippen LogP contribution in [0, 0.1) is 5.92 Å². The lowest BCUT2D eigenvalue weighted by molar-refractivity contribution is 0.600. The van der Waals surface area contributed by atoms with Gasteiger partial charge in [0.15, 0.2) is 15.9 Å². The van der Waals surface area contributed by atoms with E-state index in [2.05, 4.69) is 17.2 Å². The molecule has 1 fully saturated rings. The molecular weight excluding hydrogens is 290 g/mol. The predicted octanol–water partition coefficient (Wildman–Crippen LogP) is 2.84. The van der Waals surface area contributed by atoms with Crippen molar-refractivity contribution in [1.82, 2.24) is 4.98 Å². The Morgan fingerprint density at radius 2 is 2.20 bits per heavy atom. The minimum atomic E-state index is -0.314. The second kappa shape index (κ2) is 5.44. The largest absolute Gasteiger partial charge is 0.383 e. The number of nitrogens with one attached hydrogen (secondary N) is 1. The molecule has 1 aliphatic heterocycles. The van der Waals surface area contributed by atoms with Gasteiger partial charge in [-0.05, 0) is 25.0 Å². The van der Waals surface area contributed by atoms with Crippen LogP contribution in [0.4, 0.5) is 10.9 Å². The summed E-state index contributed by atoms with van der Waals surface area (Å²) in [6.45, 7) is 2.22. The molecule has 1 aromatic heterocycles. The van der Waals surface area contributed by atoms with Crippen molar-refractivity contribution < 1.29 is 0 Å². The van der Waals surface area contributed by atoms with E-state index in [1.165, 1.54) is 43.4 Å². The summed E-state index contributed by atoms with van der Waals surface area (Å²) in [5.41, 5.74) is 11.9. The molecule has 2 heterocycles. The van der Waals surface area contributed by atoms with Crippen molar-refractivity contribution in [1.29, 1.82) is 0 Å². The topological polar surface area (TPSA) is 89.3 Å². The molecule has 1 aromatic rings. The minimum absolute atomic E-state index is 0.314. The van der Waals surface area contributed by atoms with Crippen LogP contribution in [-0.4, -0.2) is 21.6 Å². The van der Waals surface area contributed by atoms with Crippen LogP contribution in [-0.2, 0) is 0 Å². The number of fused-ring (bicyclic) bond motifs is 1. The first-order chi connectivity index (χ1) is 9.64. The van der Waals surface area contributed by atoms with E-state index < -0.39 is 0 Å². The van der Waals surface area contributed by atoms with Crippen LogP contribution in [0.1, 0.15) is 43.9 Å². The summed E-state index contributed by atoms with van der Waals surface area (Å²) in [6, 6.07) is 0. The molecule has 0 saturated heterocycles. The van der Waals surface area contributed by atoms with E-state index in [4.69, 9.17) is 16.5 Å². The number of unbranched alkanes of at least 4 members (excludes halogenated alkanes) is 2. The number of rotatable bonds is 6. The standard InChI is InChI=1S/C13H21N5S2/c1-2-3-4-7-19-13(8-5-6-8)17-10(14)9-11(18-13)16-12(15)20-9/h8,18H,2-7H2,1H3,(H2,14,17)(H2,15,16). The summed E-state index contributed by atoms with van der Waals surface area (Å²) in [4.78, 5) is 9.72. The van der Waals surface area contributed by atoms with Crippen LogP contribution in [0.25, 0.3) is 0 Å². The molecular formula is C13H21N5S2. The average molecular weight is 311 g/mol. The first-order valence-electron chi connectivity index (χ1n) is 7.19. The Bertz CT molecular complexity index is 523. The van der Waals surface area contributed by atoms with Gasteiger partial charge in [-0.15, -0.1) is 11.8 Å². The summed E-state index contributed by atoms with van der Waals surface area (Å²) in [5.74, 6) is 3.06. The van der Waals surface area contributed by atoms with Crippen LogP contribution in [0.3, 0.4) is 0 Å². The highest BCUT2D eigenvalue weighted by molar-refractivity contribution is 8.00. The Labute approximate surface area is 127 Å². The number of nitrogens with two attached hydrogens (primary N) is 2. The first kappa shape index (κ1) is 14.0. The van der Waals surface area contributed by atoms with Gasteiger partial charge in [0.2, 0.25) is 0 Å². The molecule has 20 heavy (non-hydrogen) atoms. The predicted molar refractivity (Wildman–Crippen MR) is 88.3 cm³/mol. The van der Waals surface area contributed by atoms with Crippen LogP contribution < -0.4 is 16.8 Å². The summed E-state index contributed by atoms with van der Waals surface area (Å²) in [7, 11) is 0. The normalized spacial score (nSPS) is 24.9. The van der Waals surface area contributed by atoms with Crippen LogP contribution in [0.15, 0.2) is 4.99 Å². The third-order valence-electron chi connectivity index (χ3n) is 3.66. The molecule has 0 spiro atoms. The lowest BCUT2D eigenvalue weighted by Gasteiger charge is -2.34. The van der Waals surface area contributed by atoms with Crippen LogP contribution >= 0.6 is 23.1 Å². The summed E-state index contributed by atoms with van der Waals surface area (Å²) >= 11 is 3.28. The van der Waals surface area contributed by atoms with Gasteiger partial charge in [-0.2, -0.15) is 0 Å². The second-order valence-electron chi connectivity index (χ2n) is 5.38. The molecule has 1 aliphatic carbocycles. The van der Waals surface area contributed by atoms with Crippen molar-refractivity contribution in [3.63, 3.8) is 0 Å². The van der Waals surface area contributed by atoms with Crippen molar-refractivity contribution in [3.05, 3.63) is 4.88 Å². The third kappa shape index (κ3) is 2.61. The van der Waals surface area contributed by atoms with E-state index in [1.807, 2.05) is 11.8 Å². The smallest absolute Gasteiger partial charge is 0.183 e. The third-order valence-corrected chi connectivity index (χ3v) is 6.03. The maximum atomic E-state index is 6.14. The van der Waals surface area contributed by atoms with Gasteiger partial charge in [0.25, 0.3) is 0 Å². The minimum Gasteiger partial charge on any atom is -0.383 e. The quantitative estimate of drug-likeness (QED) is 0.703. The van der Waals surface area contributed by atoms with Crippen molar-refractivity contribution in [2.45, 2.75) is 44.0 Å². The highest BCUT2D eigenvalue weighted by atomic mass is 32.2. The summed E-state index contributed by atoms with van der Waals surface area (Å²) < 4.78 is 0. The van der Waals surface area contributed by atoms with E-state index in [1.54, 1.807) is 0 Å². The summed E-state index contributed by atoms with van der Waals surface area (Å²) in [5, 5.41) is 4.06. The van der Waals surface area contributed by atoms with Gasteiger partial charge in [0.05, 0.1) is 0 Å². The van der Waals surface area contributed by atoms with Crippen molar-refractivity contribution in [2.75, 3.05) is 16.8 Å². The Kier molecular flexibility index (Phi) is 3.81. The highest BCUT2D eigenvalue weighted by Crippen LogP contribution is 2.51. The van der Waals surface area contributed by atoms with Crippen molar-refractivity contribution in [2.24, 2.45) is 16.6 Å². The van der Waals surface area contributed by atoms with Crippen molar-refractivity contribution in [3.8, 4) is 0 Å². The monoisotopic (exact) mass is 311 g/mol. The van der Waals surface area contributed by atoms with Gasteiger partial charge < -0.3 is 16.8 Å². The number of hydrogen-bond donors (Lipinski definition) is 3. The van der Waals surface area contributed by atoms with Gasteiger partial charge >= 0.3 is 0 Å². The average Bonchev–Trinajstić information content (AvgIpc) is 3.19. The zero-order valence-electron chi connectivity index (χ0n) is 11.7. The van der Waals surface area contributed by atoms with Gasteiger partial charge in [-0.1, -0.05) is 31.1 Å². The Hall–Kier alpha value is -0.950. The molecule has 0 aromatic carbocycles. The number of amidine groups is 1. The Balaban J connectivity index is 1.79. The van der Waals surface area contributed by atoms with Crippen LogP contribution in [0.5, 0.6) is 0 Å². The SMILES string of the molecule is CCCCCSC1(C2CC2)N=C(N)c2sc(N)nc2N1. The molecule has 7 heteroatoms. The molecule has 3 rings (SSSR count). The molecule has 1 atom stereocenters. The number of anilines is 2. The first-order valence-corrected chi connectivity index (χ1v) is 8.99. The number of aromatic nitrogens is 1. The van der Waals surface area contributed by atoms with Gasteiger partial charge in [-0.25, -0.2) is 9.98 Å². The molecule has 2 aliphatic rings. The van der Waals surface area contributed by atoms with Gasteiger partial charge in [0.1, 0.15) is 10.7 Å². The number of nitrogens with zero attached hydrogens (tertiary/aromatic N) is 2. The van der Waals surface area contributed by atoms with E-state index in [0.29, 0.717) is 16.9 Å². The van der Waals surface area contributed by atoms with E-state index in [9.17, 15) is 0 Å². The van der Waals surface area contributed by atoms with E-state index in [-0.39, 0.29) is 4.99 Å². The maximum Gasteiger partial charge on any atom is 0.183 e. The fourth-order valence-electron chi connectivity index (χ4n) is 2.46. The number of thioether (sulfide) groups is 1. The number of aliphatic imine (C=N–C) groups is 1. The van der Waals surface area contributed by atoms with E-state index in [0.717, 1.165) is 16.4 Å². The van der Waals surface area contributed by atoms with Crippen LogP contribution in [0.2, 0.25) is 0 Å². The molecule has 110 valence electrons. The Morgan fingerprint density at radius 3 is 2.90 bits per heavy atom. The number of nitrogen functional groups attached to an aromatic ring is 1. The second-order valence-corrected chi connectivity index (χ2v) is 7.73. The van der Waals surface area contributed by atoms with Crippen molar-refractivity contribution >= 4 is 39.9 Å². The maximum absolute atomic E-state index is 6.14. The lowest BCUT2D eigenvalue weighted by atomic mass is 10.2. The number of thiazole rings is 1. The molecule has 1 saturated carbocycles. The molecule has 0 bridgehead atoms. The molecule has 1 unspecified atom stereocenters. The van der Waals surface area contributed by atoms with Gasteiger partial charge in [-0.3, -0.25) is 0 Å². The summed E-state index contributed by atoms with van der Waals surface area (Å²) in [6.07, 6.45) is 6.14. The fraction of sp³-hybridized carbons (Fsp3) is 0.692. The zero-order chi connectivity index (χ0) is 14.2. The zero-order valence-corrected chi connectivity index (χ0v) is 13.3. The Morgan fingerprint density at radius 1 is 1.40 bits per heavy atom. The number of hydrogen-bond acceptors (Lipinski definition) is 7.